The Hall–Kier alpha value is -2.32. The zero-order valence-corrected chi connectivity index (χ0v) is 12.8. The van der Waals surface area contributed by atoms with Gasteiger partial charge in [-0.05, 0) is 30.7 Å². The quantitative estimate of drug-likeness (QED) is 0.476. The molecule has 0 heterocycles. The number of sulfonamides is 1. The Balaban J connectivity index is 2.53. The van der Waals surface area contributed by atoms with Gasteiger partial charge in [0, 0.05) is 12.1 Å². The van der Waals surface area contributed by atoms with Crippen LogP contribution < -0.4 is 0 Å². The maximum Gasteiger partial charge on any atom is 0.283 e. The molecule has 0 amide bonds. The monoisotopic (exact) mass is 340 g/mol. The van der Waals surface area contributed by atoms with Gasteiger partial charge in [0.1, 0.15) is 0 Å². The van der Waals surface area contributed by atoms with E-state index < -0.39 is 20.7 Å². The highest BCUT2D eigenvalue weighted by Gasteiger charge is 2.21. The third kappa shape index (κ3) is 3.29. The molecule has 114 valence electrons. The Bertz CT molecular complexity index is 868. The maximum atomic E-state index is 12.3. The van der Waals surface area contributed by atoms with Crippen molar-refractivity contribution in [3.8, 4) is 0 Å². The number of aryl methyl sites for hydroxylation is 1. The van der Waals surface area contributed by atoms with Crippen LogP contribution in [0.3, 0.4) is 0 Å². The molecule has 1 aliphatic rings. The third-order valence-electron chi connectivity index (χ3n) is 2.80. The van der Waals surface area contributed by atoms with Crippen LogP contribution in [-0.4, -0.2) is 24.8 Å². The van der Waals surface area contributed by atoms with Gasteiger partial charge in [0.15, 0.2) is 5.78 Å². The Kier molecular flexibility index (Phi) is 4.25. The minimum Gasteiger partial charge on any atom is -0.288 e. The second kappa shape index (κ2) is 5.82. The maximum absolute atomic E-state index is 12.3. The van der Waals surface area contributed by atoms with Gasteiger partial charge in [0.2, 0.25) is 0 Å². The number of carbonyl (C=O) groups is 1. The summed E-state index contributed by atoms with van der Waals surface area (Å²) in [6.45, 7) is 1.50. The second-order valence-electron chi connectivity index (χ2n) is 4.39. The SMILES string of the molecule is Cc1ccc([N+](=O)[O-])cc1S(=O)(=O)/N=C1\C=CC(=O)C(Cl)=C1. The summed E-state index contributed by atoms with van der Waals surface area (Å²) in [7, 11) is -4.17. The van der Waals surface area contributed by atoms with E-state index in [1.807, 2.05) is 0 Å². The zero-order valence-electron chi connectivity index (χ0n) is 11.2. The lowest BCUT2D eigenvalue weighted by atomic mass is 10.2. The van der Waals surface area contributed by atoms with Crippen molar-refractivity contribution in [2.75, 3.05) is 0 Å². The van der Waals surface area contributed by atoms with Crippen molar-refractivity contribution in [1.82, 2.24) is 0 Å². The van der Waals surface area contributed by atoms with Crippen molar-refractivity contribution in [3.63, 3.8) is 0 Å². The van der Waals surface area contributed by atoms with Gasteiger partial charge in [-0.15, -0.1) is 0 Å². The molecule has 22 heavy (non-hydrogen) atoms. The third-order valence-corrected chi connectivity index (χ3v) is 4.54. The molecule has 0 bridgehead atoms. The summed E-state index contributed by atoms with van der Waals surface area (Å²) < 4.78 is 28.1. The van der Waals surface area contributed by atoms with Crippen molar-refractivity contribution < 1.29 is 18.1 Å². The highest BCUT2D eigenvalue weighted by Crippen LogP contribution is 2.24. The van der Waals surface area contributed by atoms with Crippen molar-refractivity contribution >= 4 is 38.8 Å². The molecule has 0 atom stereocenters. The molecule has 0 spiro atoms. The minimum absolute atomic E-state index is 0.0319. The Morgan fingerprint density at radius 2 is 1.95 bits per heavy atom. The first-order valence-corrected chi connectivity index (χ1v) is 7.72. The van der Waals surface area contributed by atoms with Crippen LogP contribution >= 0.6 is 11.6 Å². The van der Waals surface area contributed by atoms with Crippen molar-refractivity contribution in [1.29, 1.82) is 0 Å². The fourth-order valence-corrected chi connectivity index (χ4v) is 3.12. The minimum atomic E-state index is -4.17. The first-order valence-electron chi connectivity index (χ1n) is 5.90. The summed E-state index contributed by atoms with van der Waals surface area (Å²) in [6, 6.07) is 3.48. The van der Waals surface area contributed by atoms with E-state index in [4.69, 9.17) is 11.6 Å². The van der Waals surface area contributed by atoms with E-state index in [9.17, 15) is 23.3 Å². The van der Waals surface area contributed by atoms with E-state index in [0.29, 0.717) is 5.56 Å². The Morgan fingerprint density at radius 1 is 1.27 bits per heavy atom. The van der Waals surface area contributed by atoms with Crippen LogP contribution in [0.25, 0.3) is 0 Å². The van der Waals surface area contributed by atoms with Gasteiger partial charge in [-0.2, -0.15) is 12.8 Å². The number of halogens is 1. The number of allylic oxidation sites excluding steroid dienone is 4. The molecule has 0 radical (unpaired) electrons. The lowest BCUT2D eigenvalue weighted by Crippen LogP contribution is -2.08. The van der Waals surface area contributed by atoms with Crippen molar-refractivity contribution in [2.45, 2.75) is 11.8 Å². The number of carbonyl (C=O) groups excluding carboxylic acids is 1. The van der Waals surface area contributed by atoms with E-state index in [0.717, 1.165) is 18.2 Å². The van der Waals surface area contributed by atoms with Gasteiger partial charge in [0.25, 0.3) is 15.7 Å². The lowest BCUT2D eigenvalue weighted by molar-refractivity contribution is -0.385. The molecule has 1 aliphatic carbocycles. The highest BCUT2D eigenvalue weighted by atomic mass is 35.5. The molecular weight excluding hydrogens is 332 g/mol. The van der Waals surface area contributed by atoms with E-state index in [1.54, 1.807) is 0 Å². The molecular formula is C13H9ClN2O5S. The molecule has 0 N–H and O–H groups in total. The second-order valence-corrected chi connectivity index (χ2v) is 6.37. The molecule has 0 fully saturated rings. The number of hydrogen-bond donors (Lipinski definition) is 0. The van der Waals surface area contributed by atoms with Crippen LogP contribution in [-0.2, 0) is 14.8 Å². The average molecular weight is 341 g/mol. The van der Waals surface area contributed by atoms with E-state index in [2.05, 4.69) is 4.40 Å². The fraction of sp³-hybridized carbons (Fsp3) is 0.0769. The molecule has 9 heteroatoms. The molecule has 1 aromatic rings. The average Bonchev–Trinajstić information content (AvgIpc) is 2.42. The number of nitrogens with zero attached hydrogens (tertiary/aromatic N) is 2. The predicted octanol–water partition coefficient (Wildman–Crippen LogP) is 2.29. The van der Waals surface area contributed by atoms with Gasteiger partial charge >= 0.3 is 0 Å². The van der Waals surface area contributed by atoms with E-state index >= 15 is 0 Å². The number of hydrogen-bond acceptors (Lipinski definition) is 5. The van der Waals surface area contributed by atoms with Gasteiger partial charge in [0.05, 0.1) is 20.6 Å². The number of nitro groups is 1. The van der Waals surface area contributed by atoms with Crippen LogP contribution in [0, 0.1) is 17.0 Å². The molecule has 0 aliphatic heterocycles. The van der Waals surface area contributed by atoms with Gasteiger partial charge in [-0.25, -0.2) is 0 Å². The fourth-order valence-electron chi connectivity index (χ4n) is 1.71. The molecule has 0 unspecified atom stereocenters. The molecule has 0 saturated carbocycles. The predicted molar refractivity (Wildman–Crippen MR) is 80.5 cm³/mol. The largest absolute Gasteiger partial charge is 0.288 e. The first kappa shape index (κ1) is 16.1. The molecule has 7 nitrogen and oxygen atoms in total. The normalized spacial score (nSPS) is 16.7. The van der Waals surface area contributed by atoms with Gasteiger partial charge in [-0.1, -0.05) is 17.7 Å². The Labute approximate surface area is 130 Å². The zero-order chi connectivity index (χ0) is 16.5. The van der Waals surface area contributed by atoms with Gasteiger partial charge in [-0.3, -0.25) is 14.9 Å². The Morgan fingerprint density at radius 3 is 2.55 bits per heavy atom. The number of rotatable bonds is 3. The van der Waals surface area contributed by atoms with Crippen LogP contribution in [0.15, 0.2) is 50.8 Å². The van der Waals surface area contributed by atoms with E-state index in [1.165, 1.54) is 25.1 Å². The molecule has 1 aromatic carbocycles. The van der Waals surface area contributed by atoms with Crippen molar-refractivity contribution in [2.24, 2.45) is 4.40 Å². The van der Waals surface area contributed by atoms with Crippen LogP contribution in [0.4, 0.5) is 5.69 Å². The number of nitro benzene ring substituents is 1. The lowest BCUT2D eigenvalue weighted by Gasteiger charge is -2.06. The topological polar surface area (TPSA) is 107 Å². The number of ketones is 1. The molecule has 0 aromatic heterocycles. The van der Waals surface area contributed by atoms with Crippen LogP contribution in [0.2, 0.25) is 0 Å². The first-order chi connectivity index (χ1) is 10.2. The number of non-ortho nitro benzene ring substituents is 1. The summed E-state index contributed by atoms with van der Waals surface area (Å²) >= 11 is 5.63. The summed E-state index contributed by atoms with van der Waals surface area (Å²) in [5.41, 5.74) is -0.0660. The highest BCUT2D eigenvalue weighted by molar-refractivity contribution is 7.90. The summed E-state index contributed by atoms with van der Waals surface area (Å²) in [4.78, 5) is 21.0. The molecule has 0 saturated heterocycles. The van der Waals surface area contributed by atoms with Crippen LogP contribution in [0.5, 0.6) is 0 Å². The number of benzene rings is 1. The smallest absolute Gasteiger partial charge is 0.283 e. The summed E-state index contributed by atoms with van der Waals surface area (Å²) in [6.07, 6.45) is 3.42. The van der Waals surface area contributed by atoms with E-state index in [-0.39, 0.29) is 21.3 Å². The van der Waals surface area contributed by atoms with Gasteiger partial charge < -0.3 is 0 Å². The van der Waals surface area contributed by atoms with Crippen molar-refractivity contribution in [3.05, 3.63) is 57.1 Å². The molecule has 2 rings (SSSR count). The summed E-state index contributed by atoms with van der Waals surface area (Å²) in [5.74, 6) is -0.454. The summed E-state index contributed by atoms with van der Waals surface area (Å²) in [5, 5.41) is 10.6. The van der Waals surface area contributed by atoms with Crippen LogP contribution in [0.1, 0.15) is 5.56 Å². The standard InChI is InChI=1S/C13H9ClN2O5S/c1-8-2-4-10(16(18)19)7-13(8)22(20,21)15-9-3-5-12(17)11(14)6-9/h2-7H,1H3/b15-9+.